The predicted molar refractivity (Wildman–Crippen MR) is 58.6 cm³/mol. The number of halogens is 2. The van der Waals surface area contributed by atoms with Gasteiger partial charge in [0, 0.05) is 6.07 Å². The molecule has 1 N–H and O–H groups in total. The first-order valence-electron chi connectivity index (χ1n) is 4.29. The summed E-state index contributed by atoms with van der Waals surface area (Å²) in [5, 5.41) is 7.55. The number of rotatable bonds is 1. The summed E-state index contributed by atoms with van der Waals surface area (Å²) in [5.41, 5.74) is 1.72. The summed E-state index contributed by atoms with van der Waals surface area (Å²) in [4.78, 5) is 21.4. The molecular formula is C8H6Cl2N4O2. The molecule has 1 aliphatic heterocycles. The van der Waals surface area contributed by atoms with Crippen LogP contribution in [0.2, 0.25) is 5.02 Å². The van der Waals surface area contributed by atoms with Gasteiger partial charge in [-0.1, -0.05) is 23.2 Å². The van der Waals surface area contributed by atoms with Crippen LogP contribution >= 0.6 is 23.2 Å². The molecule has 1 atom stereocenters. The van der Waals surface area contributed by atoms with Crippen LogP contribution in [0.5, 0.6) is 0 Å². The summed E-state index contributed by atoms with van der Waals surface area (Å²) >= 11 is 11.7. The van der Waals surface area contributed by atoms with Crippen LogP contribution in [-0.4, -0.2) is 21.9 Å². The fourth-order valence-electron chi connectivity index (χ4n) is 1.31. The fourth-order valence-corrected chi connectivity index (χ4v) is 1.74. The van der Waals surface area contributed by atoms with E-state index in [4.69, 9.17) is 23.2 Å². The van der Waals surface area contributed by atoms with Crippen molar-refractivity contribution in [2.24, 2.45) is 5.10 Å². The molecule has 0 aromatic carbocycles. The van der Waals surface area contributed by atoms with Crippen LogP contribution in [-0.2, 0) is 9.79 Å². The molecule has 84 valence electrons. The number of nitrogens with one attached hydrogen (secondary N) is 1. The molecule has 1 unspecified atom stereocenters. The van der Waals surface area contributed by atoms with Crippen molar-refractivity contribution in [2.75, 3.05) is 0 Å². The van der Waals surface area contributed by atoms with E-state index in [0.29, 0.717) is 0 Å². The summed E-state index contributed by atoms with van der Waals surface area (Å²) in [6, 6.07) is 1.17. The summed E-state index contributed by atoms with van der Waals surface area (Å²) in [5.74, 6) is -0.388. The lowest BCUT2D eigenvalue weighted by molar-refractivity contribution is -0.122. The second-order valence-electron chi connectivity index (χ2n) is 3.21. The molecule has 1 amide bonds. The molecule has 0 fully saturated rings. The van der Waals surface area contributed by atoms with E-state index in [0.717, 1.165) is 4.68 Å². The van der Waals surface area contributed by atoms with Gasteiger partial charge >= 0.3 is 0 Å². The molecule has 0 saturated heterocycles. The smallest absolute Gasteiger partial charge is 0.270 e. The van der Waals surface area contributed by atoms with Crippen molar-refractivity contribution in [1.29, 1.82) is 0 Å². The van der Waals surface area contributed by atoms with Gasteiger partial charge in [-0.05, 0) is 0 Å². The Morgan fingerprint density at radius 1 is 1.50 bits per heavy atom. The van der Waals surface area contributed by atoms with Gasteiger partial charge in [-0.15, -0.1) is 0 Å². The summed E-state index contributed by atoms with van der Waals surface area (Å²) in [7, 11) is 0. The van der Waals surface area contributed by atoms with Crippen LogP contribution in [0.4, 0.5) is 0 Å². The van der Waals surface area contributed by atoms with Crippen molar-refractivity contribution in [3.63, 3.8) is 0 Å². The molecule has 0 spiro atoms. The van der Waals surface area contributed by atoms with Gasteiger partial charge in [0.15, 0.2) is 5.00 Å². The molecule has 2 heterocycles. The minimum atomic E-state index is -1.37. The number of alkyl halides is 1. The highest BCUT2D eigenvalue weighted by molar-refractivity contribution is 6.31. The Balaban J connectivity index is 2.51. The highest BCUT2D eigenvalue weighted by Gasteiger charge is 2.35. The van der Waals surface area contributed by atoms with Gasteiger partial charge < -0.3 is 0 Å². The van der Waals surface area contributed by atoms with Crippen LogP contribution in [0, 0.1) is 0 Å². The number of amides is 1. The van der Waals surface area contributed by atoms with Crippen molar-refractivity contribution in [3.8, 4) is 0 Å². The van der Waals surface area contributed by atoms with Crippen molar-refractivity contribution in [1.82, 2.24) is 15.2 Å². The first-order chi connectivity index (χ1) is 7.51. The van der Waals surface area contributed by atoms with Gasteiger partial charge in [-0.3, -0.25) is 9.59 Å². The third-order valence-electron chi connectivity index (χ3n) is 1.98. The van der Waals surface area contributed by atoms with E-state index in [2.05, 4.69) is 15.6 Å². The Morgan fingerprint density at radius 2 is 2.25 bits per heavy atom. The van der Waals surface area contributed by atoms with Crippen molar-refractivity contribution < 1.29 is 4.79 Å². The summed E-state index contributed by atoms with van der Waals surface area (Å²) in [6.07, 6.45) is 2.40. The van der Waals surface area contributed by atoms with Gasteiger partial charge in [0.05, 0.1) is 23.9 Å². The van der Waals surface area contributed by atoms with Crippen molar-refractivity contribution >= 4 is 35.3 Å². The molecule has 1 aromatic heterocycles. The molecule has 1 aromatic rings. The molecule has 1 aliphatic rings. The third kappa shape index (κ3) is 1.94. The Labute approximate surface area is 99.8 Å². The first kappa shape index (κ1) is 11.1. The number of nitrogens with zero attached hydrogens (tertiary/aromatic N) is 3. The molecule has 8 heteroatoms. The van der Waals surface area contributed by atoms with Gasteiger partial charge in [-0.2, -0.15) is 10.2 Å². The molecule has 16 heavy (non-hydrogen) atoms. The van der Waals surface area contributed by atoms with Crippen molar-refractivity contribution in [3.05, 3.63) is 27.6 Å². The topological polar surface area (TPSA) is 76.3 Å². The lowest BCUT2D eigenvalue weighted by Gasteiger charge is -2.25. The Hall–Kier alpha value is -1.40. The van der Waals surface area contributed by atoms with Crippen LogP contribution in [0.15, 0.2) is 22.2 Å². The second kappa shape index (κ2) is 3.88. The highest BCUT2D eigenvalue weighted by atomic mass is 35.5. The maximum Gasteiger partial charge on any atom is 0.270 e. The number of carbonyl (C=O) groups is 1. The van der Waals surface area contributed by atoms with Crippen LogP contribution in [0.3, 0.4) is 0 Å². The second-order valence-corrected chi connectivity index (χ2v) is 4.30. The number of hydrogen-bond donors (Lipinski definition) is 1. The number of carbonyl (C=O) groups excluding carboxylic acids is 1. The third-order valence-corrected chi connectivity index (χ3v) is 2.58. The van der Waals surface area contributed by atoms with Crippen LogP contribution < -0.4 is 11.0 Å². The van der Waals surface area contributed by atoms with E-state index in [1.54, 1.807) is 0 Å². The standard InChI is InChI=1S/C8H6Cl2N4O2/c9-5-1-7(16)14(12-3-5)8(10)2-6(15)13-11-4-8/h1,3-4H,2H2,(H,13,15). The summed E-state index contributed by atoms with van der Waals surface area (Å²) in [6.45, 7) is 0. The highest BCUT2D eigenvalue weighted by Crippen LogP contribution is 2.23. The minimum absolute atomic E-state index is 0.118. The van der Waals surface area contributed by atoms with Gasteiger partial charge in [0.2, 0.25) is 5.91 Å². The molecule has 2 rings (SSSR count). The molecule has 0 saturated carbocycles. The van der Waals surface area contributed by atoms with E-state index in [9.17, 15) is 9.59 Å². The average Bonchev–Trinajstić information content (AvgIpc) is 2.16. The monoisotopic (exact) mass is 260 g/mol. The average molecular weight is 261 g/mol. The Morgan fingerprint density at radius 3 is 2.88 bits per heavy atom. The SMILES string of the molecule is O=C1CC(Cl)(n2ncc(Cl)cc2=O)C=NN1. The number of aromatic nitrogens is 2. The molecular weight excluding hydrogens is 255 g/mol. The quantitative estimate of drug-likeness (QED) is 0.738. The maximum atomic E-state index is 11.6. The summed E-state index contributed by atoms with van der Waals surface area (Å²) < 4.78 is 0.961. The van der Waals surface area contributed by atoms with Gasteiger partial charge in [0.25, 0.3) is 5.56 Å². The number of hydrogen-bond acceptors (Lipinski definition) is 4. The van der Waals surface area contributed by atoms with Gasteiger partial charge in [-0.25, -0.2) is 10.1 Å². The van der Waals surface area contributed by atoms with Crippen LogP contribution in [0.1, 0.15) is 6.42 Å². The molecule has 6 nitrogen and oxygen atoms in total. The largest absolute Gasteiger partial charge is 0.273 e. The van der Waals surface area contributed by atoms with Gasteiger partial charge in [0.1, 0.15) is 0 Å². The zero-order chi connectivity index (χ0) is 11.8. The normalized spacial score (nSPS) is 24.2. The van der Waals surface area contributed by atoms with E-state index in [1.807, 2.05) is 0 Å². The fraction of sp³-hybridized carbons (Fsp3) is 0.250. The van der Waals surface area contributed by atoms with E-state index in [1.165, 1.54) is 18.5 Å². The zero-order valence-electron chi connectivity index (χ0n) is 7.85. The number of hydrazone groups is 1. The maximum absolute atomic E-state index is 11.6. The van der Waals surface area contributed by atoms with E-state index in [-0.39, 0.29) is 17.4 Å². The van der Waals surface area contributed by atoms with E-state index >= 15 is 0 Å². The molecule has 0 aliphatic carbocycles. The zero-order valence-corrected chi connectivity index (χ0v) is 9.37. The minimum Gasteiger partial charge on any atom is -0.273 e. The lowest BCUT2D eigenvalue weighted by Crippen LogP contribution is -2.45. The van der Waals surface area contributed by atoms with Crippen molar-refractivity contribution in [2.45, 2.75) is 11.4 Å². The predicted octanol–water partition coefficient (Wildman–Crippen LogP) is 0.294. The van der Waals surface area contributed by atoms with E-state index < -0.39 is 10.6 Å². The van der Waals surface area contributed by atoms with Crippen LogP contribution in [0.25, 0.3) is 0 Å². The lowest BCUT2D eigenvalue weighted by atomic mass is 10.2. The Bertz CT molecular complexity index is 527. The Kier molecular flexibility index (Phi) is 2.69. The first-order valence-corrected chi connectivity index (χ1v) is 5.04. The molecule has 0 bridgehead atoms. The molecule has 0 radical (unpaired) electrons.